The van der Waals surface area contributed by atoms with Gasteiger partial charge in [-0.3, -0.25) is 9.59 Å². The minimum Gasteiger partial charge on any atom is -0.354 e. The monoisotopic (exact) mass is 302 g/mol. The highest BCUT2D eigenvalue weighted by Crippen LogP contribution is 2.27. The average Bonchev–Trinajstić information content (AvgIpc) is 2.71. The fraction of sp³-hybridized carbons (Fsp3) is 0.833. The lowest BCUT2D eigenvalue weighted by Crippen LogP contribution is -2.48. The van der Waals surface area contributed by atoms with Gasteiger partial charge in [0, 0.05) is 24.8 Å². The van der Waals surface area contributed by atoms with Crippen molar-refractivity contribution in [2.24, 2.45) is 5.92 Å². The highest BCUT2D eigenvalue weighted by atomic mass is 79.9. The molecule has 4 nitrogen and oxygen atoms in total. The van der Waals surface area contributed by atoms with Gasteiger partial charge in [0.05, 0.1) is 12.0 Å². The molecule has 1 N–H and O–H groups in total. The third kappa shape index (κ3) is 2.81. The Kier molecular flexibility index (Phi) is 4.42. The number of unbranched alkanes of at least 4 members (excludes halogenated alkanes) is 1. The van der Waals surface area contributed by atoms with E-state index in [0.717, 1.165) is 37.6 Å². The quantitative estimate of drug-likeness (QED) is 0.628. The summed E-state index contributed by atoms with van der Waals surface area (Å²) in [6.45, 7) is 1.47. The highest BCUT2D eigenvalue weighted by Gasteiger charge is 2.42. The fourth-order valence-corrected chi connectivity index (χ4v) is 3.17. The Morgan fingerprint density at radius 2 is 2.29 bits per heavy atom. The minimum atomic E-state index is 0.0453. The standard InChI is InChI=1S/C12H19BrN2O2/c13-6-2-1-5-11(16)15-7-3-4-9-10(15)8-14-12(9)17/h9-10H,1-8H2,(H,14,17). The predicted molar refractivity (Wildman–Crippen MR) is 68.9 cm³/mol. The maximum absolute atomic E-state index is 12.1. The molecule has 0 bridgehead atoms. The minimum absolute atomic E-state index is 0.0453. The van der Waals surface area contributed by atoms with Crippen molar-refractivity contribution in [1.82, 2.24) is 10.2 Å². The SMILES string of the molecule is O=C1NCC2C1CCCN2C(=O)CCCCBr. The van der Waals surface area contributed by atoms with Crippen molar-refractivity contribution in [3.8, 4) is 0 Å². The molecule has 2 saturated heterocycles. The van der Waals surface area contributed by atoms with Crippen LogP contribution in [0.5, 0.6) is 0 Å². The maximum Gasteiger partial charge on any atom is 0.225 e. The number of likely N-dealkylation sites (tertiary alicyclic amines) is 1. The van der Waals surface area contributed by atoms with Crippen LogP contribution in [0.25, 0.3) is 0 Å². The van der Waals surface area contributed by atoms with Gasteiger partial charge in [0.1, 0.15) is 0 Å². The van der Waals surface area contributed by atoms with E-state index in [0.29, 0.717) is 13.0 Å². The Hall–Kier alpha value is -0.580. The molecule has 0 spiro atoms. The van der Waals surface area contributed by atoms with Gasteiger partial charge >= 0.3 is 0 Å². The number of rotatable bonds is 4. The second-order valence-corrected chi connectivity index (χ2v) is 5.59. The number of nitrogens with zero attached hydrogens (tertiary/aromatic N) is 1. The van der Waals surface area contributed by atoms with Crippen LogP contribution >= 0.6 is 15.9 Å². The second-order valence-electron chi connectivity index (χ2n) is 4.79. The molecule has 2 aliphatic heterocycles. The second kappa shape index (κ2) is 5.85. The molecule has 2 aliphatic rings. The molecule has 0 aliphatic carbocycles. The summed E-state index contributed by atoms with van der Waals surface area (Å²) in [7, 11) is 0. The van der Waals surface area contributed by atoms with Gasteiger partial charge in [0.2, 0.25) is 11.8 Å². The lowest BCUT2D eigenvalue weighted by atomic mass is 9.91. The average molecular weight is 303 g/mol. The van der Waals surface area contributed by atoms with Crippen molar-refractivity contribution in [3.63, 3.8) is 0 Å². The lowest BCUT2D eigenvalue weighted by Gasteiger charge is -2.36. The van der Waals surface area contributed by atoms with Crippen molar-refractivity contribution in [2.45, 2.75) is 38.1 Å². The van der Waals surface area contributed by atoms with Crippen LogP contribution in [0.4, 0.5) is 0 Å². The molecule has 0 aromatic heterocycles. The van der Waals surface area contributed by atoms with Crippen LogP contribution in [0, 0.1) is 5.92 Å². The van der Waals surface area contributed by atoms with E-state index in [1.165, 1.54) is 0 Å². The number of amides is 2. The highest BCUT2D eigenvalue weighted by molar-refractivity contribution is 9.09. The molecule has 0 aromatic rings. The number of halogens is 1. The largest absolute Gasteiger partial charge is 0.354 e. The first-order valence-electron chi connectivity index (χ1n) is 6.37. The first-order valence-corrected chi connectivity index (χ1v) is 7.49. The smallest absolute Gasteiger partial charge is 0.225 e. The normalized spacial score (nSPS) is 27.8. The van der Waals surface area contributed by atoms with Gasteiger partial charge in [0.15, 0.2) is 0 Å². The molecule has 96 valence electrons. The Balaban J connectivity index is 1.91. The van der Waals surface area contributed by atoms with E-state index >= 15 is 0 Å². The zero-order chi connectivity index (χ0) is 12.3. The van der Waals surface area contributed by atoms with Crippen LogP contribution in [0.15, 0.2) is 0 Å². The van der Waals surface area contributed by atoms with E-state index in [1.807, 2.05) is 4.90 Å². The Bertz CT molecular complexity index is 309. The number of carbonyl (C=O) groups excluding carboxylic acids is 2. The summed E-state index contributed by atoms with van der Waals surface area (Å²) in [4.78, 5) is 25.6. The molecule has 5 heteroatoms. The Morgan fingerprint density at radius 3 is 3.06 bits per heavy atom. The van der Waals surface area contributed by atoms with Crippen LogP contribution in [-0.4, -0.2) is 41.2 Å². The first-order chi connectivity index (χ1) is 8.24. The fourth-order valence-electron chi connectivity index (χ4n) is 2.78. The molecule has 2 rings (SSSR count). The zero-order valence-corrected chi connectivity index (χ0v) is 11.5. The van der Waals surface area contributed by atoms with Gasteiger partial charge in [-0.15, -0.1) is 0 Å². The molecule has 2 amide bonds. The maximum atomic E-state index is 12.1. The molecule has 0 radical (unpaired) electrons. The summed E-state index contributed by atoms with van der Waals surface area (Å²) < 4.78 is 0. The first kappa shape index (κ1) is 12.9. The van der Waals surface area contributed by atoms with Crippen LogP contribution < -0.4 is 5.32 Å². The van der Waals surface area contributed by atoms with Crippen LogP contribution in [0.2, 0.25) is 0 Å². The predicted octanol–water partition coefficient (Wildman–Crippen LogP) is 1.29. The van der Waals surface area contributed by atoms with E-state index < -0.39 is 0 Å². The molecule has 2 heterocycles. The molecule has 2 unspecified atom stereocenters. The van der Waals surface area contributed by atoms with Crippen molar-refractivity contribution in [3.05, 3.63) is 0 Å². The summed E-state index contributed by atoms with van der Waals surface area (Å²) >= 11 is 3.37. The van der Waals surface area contributed by atoms with Gasteiger partial charge in [-0.25, -0.2) is 0 Å². The summed E-state index contributed by atoms with van der Waals surface area (Å²) in [5.41, 5.74) is 0. The third-order valence-electron chi connectivity index (χ3n) is 3.70. The van der Waals surface area contributed by atoms with Crippen molar-refractivity contribution >= 4 is 27.7 Å². The van der Waals surface area contributed by atoms with Gasteiger partial charge in [0.25, 0.3) is 0 Å². The van der Waals surface area contributed by atoms with E-state index in [1.54, 1.807) is 0 Å². The number of hydrogen-bond donors (Lipinski definition) is 1. The number of carbonyl (C=O) groups is 2. The van der Waals surface area contributed by atoms with Crippen LogP contribution in [0.3, 0.4) is 0 Å². The van der Waals surface area contributed by atoms with Crippen molar-refractivity contribution in [1.29, 1.82) is 0 Å². The summed E-state index contributed by atoms with van der Waals surface area (Å²) in [6.07, 6.45) is 4.47. The molecular weight excluding hydrogens is 284 g/mol. The van der Waals surface area contributed by atoms with Crippen molar-refractivity contribution in [2.75, 3.05) is 18.4 Å². The van der Waals surface area contributed by atoms with Gasteiger partial charge in [-0.1, -0.05) is 15.9 Å². The van der Waals surface area contributed by atoms with E-state index in [9.17, 15) is 9.59 Å². The van der Waals surface area contributed by atoms with E-state index in [4.69, 9.17) is 0 Å². The van der Waals surface area contributed by atoms with Gasteiger partial charge < -0.3 is 10.2 Å². The third-order valence-corrected chi connectivity index (χ3v) is 4.26. The Labute approximate surface area is 110 Å². The van der Waals surface area contributed by atoms with E-state index in [-0.39, 0.29) is 23.8 Å². The molecular formula is C12H19BrN2O2. The van der Waals surface area contributed by atoms with Crippen molar-refractivity contribution < 1.29 is 9.59 Å². The van der Waals surface area contributed by atoms with Crippen LogP contribution in [-0.2, 0) is 9.59 Å². The number of fused-ring (bicyclic) bond motifs is 1. The van der Waals surface area contributed by atoms with Crippen LogP contribution in [0.1, 0.15) is 32.1 Å². The van der Waals surface area contributed by atoms with E-state index in [2.05, 4.69) is 21.2 Å². The number of hydrogen-bond acceptors (Lipinski definition) is 2. The summed E-state index contributed by atoms with van der Waals surface area (Å²) in [6, 6.07) is 0.118. The summed E-state index contributed by atoms with van der Waals surface area (Å²) in [5, 5.41) is 3.82. The molecule has 0 aromatic carbocycles. The molecule has 0 saturated carbocycles. The summed E-state index contributed by atoms with van der Waals surface area (Å²) in [5.74, 6) is 0.397. The number of piperidine rings is 1. The number of nitrogens with one attached hydrogen (secondary N) is 1. The zero-order valence-electron chi connectivity index (χ0n) is 9.95. The molecule has 2 atom stereocenters. The lowest BCUT2D eigenvalue weighted by molar-refractivity contribution is -0.136. The van der Waals surface area contributed by atoms with Gasteiger partial charge in [-0.05, 0) is 25.7 Å². The Morgan fingerprint density at radius 1 is 1.47 bits per heavy atom. The molecule has 2 fully saturated rings. The molecule has 17 heavy (non-hydrogen) atoms. The topological polar surface area (TPSA) is 49.4 Å². The number of alkyl halides is 1. The van der Waals surface area contributed by atoms with Gasteiger partial charge in [-0.2, -0.15) is 0 Å².